The molecule has 3 heteroatoms. The zero-order valence-electron chi connectivity index (χ0n) is 10.9. The first-order valence-corrected chi connectivity index (χ1v) is 8.21. The predicted octanol–water partition coefficient (Wildman–Crippen LogP) is 3.00. The molecule has 0 heterocycles. The molecule has 0 bridgehead atoms. The lowest BCUT2D eigenvalue weighted by Crippen LogP contribution is -2.36. The zero-order valence-corrected chi connectivity index (χ0v) is 11.7. The Morgan fingerprint density at radius 1 is 1.22 bits per heavy atom. The molecule has 0 amide bonds. The Bertz CT molecular complexity index is 421. The van der Waals surface area contributed by atoms with E-state index >= 15 is 0 Å². The highest BCUT2D eigenvalue weighted by Gasteiger charge is 2.33. The quantitative estimate of drug-likeness (QED) is 0.879. The molecular weight excluding hydrogens is 240 g/mol. The van der Waals surface area contributed by atoms with E-state index in [4.69, 9.17) is 5.73 Å². The molecule has 18 heavy (non-hydrogen) atoms. The van der Waals surface area contributed by atoms with Gasteiger partial charge in [-0.05, 0) is 36.6 Å². The molecule has 0 spiro atoms. The number of hydrogen-bond acceptors (Lipinski definition) is 3. The summed E-state index contributed by atoms with van der Waals surface area (Å²) in [6, 6.07) is 10.0. The normalized spacial score (nSPS) is 34.8. The fourth-order valence-electron chi connectivity index (χ4n) is 3.49. The summed E-state index contributed by atoms with van der Waals surface area (Å²) in [5.41, 5.74) is 9.00. The summed E-state index contributed by atoms with van der Waals surface area (Å²) in [5, 5.41) is 4.65. The second-order valence-electron chi connectivity index (χ2n) is 5.50. The van der Waals surface area contributed by atoms with Gasteiger partial charge in [0.25, 0.3) is 0 Å². The second-order valence-corrected chi connectivity index (χ2v) is 6.58. The number of hydrogen-bond donors (Lipinski definition) is 2. The summed E-state index contributed by atoms with van der Waals surface area (Å²) in [6.07, 6.45) is 7.33. The van der Waals surface area contributed by atoms with Crippen molar-refractivity contribution in [3.8, 4) is 0 Å². The molecule has 4 atom stereocenters. The van der Waals surface area contributed by atoms with Gasteiger partial charge >= 0.3 is 0 Å². The molecular formula is C15H22N2S. The van der Waals surface area contributed by atoms with Crippen LogP contribution >= 0.6 is 11.8 Å². The maximum atomic E-state index is 6.23. The maximum Gasteiger partial charge on any atom is 0.0344 e. The topological polar surface area (TPSA) is 38.0 Å². The number of nitrogens with two attached hydrogens (primary N) is 1. The van der Waals surface area contributed by atoms with Crippen molar-refractivity contribution < 1.29 is 0 Å². The van der Waals surface area contributed by atoms with E-state index in [0.717, 1.165) is 11.7 Å². The third-order valence-corrected chi connectivity index (χ3v) is 5.60. The zero-order chi connectivity index (χ0) is 12.5. The SMILES string of the molecule is CSC1CCCC1NC1CC(N)c2ccccc21. The molecule has 3 N–H and O–H groups in total. The van der Waals surface area contributed by atoms with Crippen molar-refractivity contribution >= 4 is 11.8 Å². The van der Waals surface area contributed by atoms with Crippen LogP contribution in [0.25, 0.3) is 0 Å². The van der Waals surface area contributed by atoms with Crippen LogP contribution in [0, 0.1) is 0 Å². The van der Waals surface area contributed by atoms with Crippen molar-refractivity contribution in [2.45, 2.75) is 49.1 Å². The highest BCUT2D eigenvalue weighted by molar-refractivity contribution is 7.99. The van der Waals surface area contributed by atoms with Gasteiger partial charge in [-0.15, -0.1) is 0 Å². The molecule has 0 radical (unpaired) electrons. The summed E-state index contributed by atoms with van der Waals surface area (Å²) < 4.78 is 0. The van der Waals surface area contributed by atoms with Crippen LogP contribution in [0.5, 0.6) is 0 Å². The molecule has 2 nitrogen and oxygen atoms in total. The Morgan fingerprint density at radius 3 is 2.78 bits per heavy atom. The Balaban J connectivity index is 1.75. The minimum absolute atomic E-state index is 0.216. The average molecular weight is 262 g/mol. The van der Waals surface area contributed by atoms with Gasteiger partial charge in [0.05, 0.1) is 0 Å². The molecule has 1 fully saturated rings. The van der Waals surface area contributed by atoms with Gasteiger partial charge < -0.3 is 11.1 Å². The van der Waals surface area contributed by atoms with Crippen LogP contribution in [-0.2, 0) is 0 Å². The van der Waals surface area contributed by atoms with Crippen LogP contribution in [0.3, 0.4) is 0 Å². The fraction of sp³-hybridized carbons (Fsp3) is 0.600. The Kier molecular flexibility index (Phi) is 3.64. The van der Waals surface area contributed by atoms with E-state index < -0.39 is 0 Å². The van der Waals surface area contributed by atoms with Crippen LogP contribution in [0.15, 0.2) is 24.3 Å². The first-order valence-electron chi connectivity index (χ1n) is 6.93. The first kappa shape index (κ1) is 12.5. The monoisotopic (exact) mass is 262 g/mol. The third kappa shape index (κ3) is 2.20. The van der Waals surface area contributed by atoms with Gasteiger partial charge in [0.2, 0.25) is 0 Å². The summed E-state index contributed by atoms with van der Waals surface area (Å²) in [5.74, 6) is 0. The molecule has 1 aromatic carbocycles. The Morgan fingerprint density at radius 2 is 2.00 bits per heavy atom. The minimum atomic E-state index is 0.216. The summed E-state index contributed by atoms with van der Waals surface area (Å²) in [7, 11) is 0. The van der Waals surface area contributed by atoms with Crippen LogP contribution in [-0.4, -0.2) is 17.5 Å². The summed E-state index contributed by atoms with van der Waals surface area (Å²) in [6.45, 7) is 0. The van der Waals surface area contributed by atoms with E-state index in [1.807, 2.05) is 11.8 Å². The smallest absolute Gasteiger partial charge is 0.0344 e. The number of benzene rings is 1. The fourth-order valence-corrected chi connectivity index (χ4v) is 4.43. The van der Waals surface area contributed by atoms with Crippen molar-refractivity contribution in [2.24, 2.45) is 5.73 Å². The van der Waals surface area contributed by atoms with E-state index in [2.05, 4.69) is 35.8 Å². The summed E-state index contributed by atoms with van der Waals surface area (Å²) >= 11 is 2.01. The van der Waals surface area contributed by atoms with Gasteiger partial charge in [-0.25, -0.2) is 0 Å². The van der Waals surface area contributed by atoms with Crippen LogP contribution in [0.4, 0.5) is 0 Å². The van der Waals surface area contributed by atoms with Crippen molar-refractivity contribution in [3.05, 3.63) is 35.4 Å². The van der Waals surface area contributed by atoms with Gasteiger partial charge in [0.1, 0.15) is 0 Å². The molecule has 1 aromatic rings. The molecule has 0 aliphatic heterocycles. The lowest BCUT2D eigenvalue weighted by Gasteiger charge is -2.24. The van der Waals surface area contributed by atoms with Crippen molar-refractivity contribution in [1.29, 1.82) is 0 Å². The van der Waals surface area contributed by atoms with E-state index in [-0.39, 0.29) is 6.04 Å². The Labute approximate surface area is 114 Å². The molecule has 4 unspecified atom stereocenters. The number of thioether (sulfide) groups is 1. The van der Waals surface area contributed by atoms with Gasteiger partial charge in [0.15, 0.2) is 0 Å². The molecule has 2 aliphatic rings. The highest BCUT2D eigenvalue weighted by atomic mass is 32.2. The molecule has 1 saturated carbocycles. The van der Waals surface area contributed by atoms with E-state index in [0.29, 0.717) is 12.1 Å². The highest BCUT2D eigenvalue weighted by Crippen LogP contribution is 2.39. The third-order valence-electron chi connectivity index (χ3n) is 4.43. The summed E-state index contributed by atoms with van der Waals surface area (Å²) in [4.78, 5) is 0. The van der Waals surface area contributed by atoms with Gasteiger partial charge in [-0.3, -0.25) is 0 Å². The predicted molar refractivity (Wildman–Crippen MR) is 78.8 cm³/mol. The Hall–Kier alpha value is -0.510. The average Bonchev–Trinajstić information content (AvgIpc) is 2.96. The van der Waals surface area contributed by atoms with Crippen LogP contribution in [0.2, 0.25) is 0 Å². The standard InChI is InChI=1S/C15H22N2S/c1-18-15-8-4-7-13(15)17-14-9-12(16)10-5-2-3-6-11(10)14/h2-3,5-6,12-15,17H,4,7-9,16H2,1H3. The number of fused-ring (bicyclic) bond motifs is 1. The number of nitrogens with one attached hydrogen (secondary N) is 1. The minimum Gasteiger partial charge on any atom is -0.324 e. The molecule has 0 saturated heterocycles. The van der Waals surface area contributed by atoms with E-state index in [9.17, 15) is 0 Å². The van der Waals surface area contributed by atoms with Gasteiger partial charge in [0, 0.05) is 23.4 Å². The van der Waals surface area contributed by atoms with E-state index in [1.165, 1.54) is 30.4 Å². The van der Waals surface area contributed by atoms with Crippen molar-refractivity contribution in [1.82, 2.24) is 5.32 Å². The van der Waals surface area contributed by atoms with Gasteiger partial charge in [-0.2, -0.15) is 11.8 Å². The van der Waals surface area contributed by atoms with E-state index in [1.54, 1.807) is 0 Å². The molecule has 0 aromatic heterocycles. The number of rotatable bonds is 3. The molecule has 2 aliphatic carbocycles. The van der Waals surface area contributed by atoms with Crippen molar-refractivity contribution in [3.63, 3.8) is 0 Å². The lowest BCUT2D eigenvalue weighted by molar-refractivity contribution is 0.427. The van der Waals surface area contributed by atoms with Gasteiger partial charge in [-0.1, -0.05) is 30.7 Å². The second kappa shape index (κ2) is 5.24. The van der Waals surface area contributed by atoms with Crippen LogP contribution < -0.4 is 11.1 Å². The van der Waals surface area contributed by atoms with Crippen molar-refractivity contribution in [2.75, 3.05) is 6.26 Å². The first-order chi connectivity index (χ1) is 8.79. The largest absolute Gasteiger partial charge is 0.324 e. The molecule has 3 rings (SSSR count). The maximum absolute atomic E-state index is 6.23. The molecule has 98 valence electrons. The van der Waals surface area contributed by atoms with Crippen LogP contribution in [0.1, 0.15) is 48.9 Å². The lowest BCUT2D eigenvalue weighted by atomic mass is 10.1.